The molecular formula is C19H24FN5O2. The first-order chi connectivity index (χ1) is 12.9. The van der Waals surface area contributed by atoms with Crippen molar-refractivity contribution in [3.05, 3.63) is 46.5 Å². The van der Waals surface area contributed by atoms with Gasteiger partial charge in [-0.25, -0.2) is 14.4 Å². The van der Waals surface area contributed by atoms with Crippen LogP contribution < -0.4 is 5.32 Å². The predicted octanol–water partition coefficient (Wildman–Crippen LogP) is 3.72. The molecule has 0 radical (unpaired) electrons. The summed E-state index contributed by atoms with van der Waals surface area (Å²) in [7, 11) is 4.20. The van der Waals surface area contributed by atoms with E-state index in [1.807, 2.05) is 0 Å². The molecule has 1 aromatic carbocycles. The van der Waals surface area contributed by atoms with Crippen LogP contribution in [0.3, 0.4) is 0 Å². The second-order valence-electron chi connectivity index (χ2n) is 7.33. The van der Waals surface area contributed by atoms with Crippen molar-refractivity contribution in [3.8, 4) is 11.3 Å². The Balaban J connectivity index is 1.71. The summed E-state index contributed by atoms with van der Waals surface area (Å²) in [6.45, 7) is 1.11. The van der Waals surface area contributed by atoms with E-state index >= 15 is 0 Å². The lowest BCUT2D eigenvalue weighted by molar-refractivity contribution is -0.384. The van der Waals surface area contributed by atoms with Gasteiger partial charge in [-0.3, -0.25) is 10.1 Å². The van der Waals surface area contributed by atoms with Crippen LogP contribution in [0.5, 0.6) is 0 Å². The summed E-state index contributed by atoms with van der Waals surface area (Å²) in [6.07, 6.45) is 5.83. The minimum Gasteiger partial charge on any atom is -0.367 e. The molecule has 1 heterocycles. The number of anilines is 1. The first-order valence-electron chi connectivity index (χ1n) is 9.10. The SMILES string of the molecule is CN(C)CC1CCC(Nc2cc(-c3ccc(F)cc3[N+](=O)[O-])ncn2)CC1. The molecule has 0 aliphatic heterocycles. The second kappa shape index (κ2) is 8.39. The van der Waals surface area contributed by atoms with Gasteiger partial charge < -0.3 is 10.2 Å². The van der Waals surface area contributed by atoms with E-state index in [1.54, 1.807) is 6.07 Å². The fourth-order valence-corrected chi connectivity index (χ4v) is 3.67. The van der Waals surface area contributed by atoms with Crippen molar-refractivity contribution < 1.29 is 9.31 Å². The van der Waals surface area contributed by atoms with Crippen LogP contribution in [-0.2, 0) is 0 Å². The van der Waals surface area contributed by atoms with Gasteiger partial charge in [-0.2, -0.15) is 0 Å². The van der Waals surface area contributed by atoms with Crippen molar-refractivity contribution in [1.82, 2.24) is 14.9 Å². The molecule has 1 aliphatic carbocycles. The van der Waals surface area contributed by atoms with Gasteiger partial charge in [0.2, 0.25) is 0 Å². The number of nitro groups is 1. The first kappa shape index (κ1) is 19.2. The van der Waals surface area contributed by atoms with Crippen molar-refractivity contribution in [1.29, 1.82) is 0 Å². The van der Waals surface area contributed by atoms with Gasteiger partial charge in [0.1, 0.15) is 18.0 Å². The maximum atomic E-state index is 13.4. The largest absolute Gasteiger partial charge is 0.367 e. The Kier molecular flexibility index (Phi) is 5.95. The Morgan fingerprint density at radius 3 is 2.63 bits per heavy atom. The molecule has 1 saturated carbocycles. The molecule has 2 aromatic rings. The molecule has 1 aromatic heterocycles. The summed E-state index contributed by atoms with van der Waals surface area (Å²) >= 11 is 0. The second-order valence-corrected chi connectivity index (χ2v) is 7.33. The lowest BCUT2D eigenvalue weighted by atomic mass is 9.86. The molecule has 1 fully saturated rings. The van der Waals surface area contributed by atoms with E-state index in [0.29, 0.717) is 17.6 Å². The molecule has 1 N–H and O–H groups in total. The van der Waals surface area contributed by atoms with Gasteiger partial charge in [0.15, 0.2) is 0 Å². The number of hydrogen-bond donors (Lipinski definition) is 1. The highest BCUT2D eigenvalue weighted by atomic mass is 19.1. The van der Waals surface area contributed by atoms with Crippen molar-refractivity contribution in [2.24, 2.45) is 5.92 Å². The molecule has 0 amide bonds. The van der Waals surface area contributed by atoms with Crippen LogP contribution in [0.25, 0.3) is 11.3 Å². The average Bonchev–Trinajstić information content (AvgIpc) is 2.63. The first-order valence-corrected chi connectivity index (χ1v) is 9.10. The summed E-state index contributed by atoms with van der Waals surface area (Å²) in [5, 5.41) is 14.6. The molecular weight excluding hydrogens is 349 g/mol. The van der Waals surface area contributed by atoms with Gasteiger partial charge in [-0.1, -0.05) is 0 Å². The standard InChI is InChI=1S/C19H24FN5O2/c1-24(2)11-13-3-6-15(7-4-13)23-19-10-17(21-12-22-19)16-8-5-14(20)9-18(16)25(26)27/h5,8-10,12-13,15H,3-4,6-7,11H2,1-2H3,(H,21,22,23). The van der Waals surface area contributed by atoms with Crippen molar-refractivity contribution >= 4 is 11.5 Å². The highest BCUT2D eigenvalue weighted by Crippen LogP contribution is 2.31. The summed E-state index contributed by atoms with van der Waals surface area (Å²) in [4.78, 5) is 21.2. The van der Waals surface area contributed by atoms with Crippen molar-refractivity contribution in [3.63, 3.8) is 0 Å². The molecule has 1 aliphatic rings. The summed E-state index contributed by atoms with van der Waals surface area (Å²) < 4.78 is 13.4. The number of benzene rings is 1. The topological polar surface area (TPSA) is 84.2 Å². The predicted molar refractivity (Wildman–Crippen MR) is 102 cm³/mol. The van der Waals surface area contributed by atoms with E-state index in [9.17, 15) is 14.5 Å². The Morgan fingerprint density at radius 2 is 1.96 bits per heavy atom. The number of rotatable bonds is 6. The van der Waals surface area contributed by atoms with Crippen LogP contribution in [0.1, 0.15) is 25.7 Å². The van der Waals surface area contributed by atoms with E-state index in [2.05, 4.69) is 34.3 Å². The number of halogens is 1. The van der Waals surface area contributed by atoms with Crippen LogP contribution >= 0.6 is 0 Å². The van der Waals surface area contributed by atoms with E-state index in [1.165, 1.54) is 18.5 Å². The minimum absolute atomic E-state index is 0.279. The smallest absolute Gasteiger partial charge is 0.281 e. The van der Waals surface area contributed by atoms with E-state index in [4.69, 9.17) is 0 Å². The fraction of sp³-hybridized carbons (Fsp3) is 0.474. The van der Waals surface area contributed by atoms with Crippen LogP contribution in [0.2, 0.25) is 0 Å². The molecule has 27 heavy (non-hydrogen) atoms. The van der Waals surface area contributed by atoms with E-state index in [0.717, 1.165) is 44.2 Å². The van der Waals surface area contributed by atoms with Gasteiger partial charge in [-0.15, -0.1) is 0 Å². The maximum Gasteiger partial charge on any atom is 0.281 e. The number of aromatic nitrogens is 2. The van der Waals surface area contributed by atoms with Gasteiger partial charge in [0, 0.05) is 18.7 Å². The molecule has 144 valence electrons. The Bertz CT molecular complexity index is 806. The molecule has 0 spiro atoms. The molecule has 0 saturated heterocycles. The van der Waals surface area contributed by atoms with E-state index in [-0.39, 0.29) is 11.3 Å². The van der Waals surface area contributed by atoms with Crippen LogP contribution in [0.4, 0.5) is 15.9 Å². The molecule has 7 nitrogen and oxygen atoms in total. The lowest BCUT2D eigenvalue weighted by Crippen LogP contribution is -2.31. The summed E-state index contributed by atoms with van der Waals surface area (Å²) in [5.41, 5.74) is 0.380. The number of hydrogen-bond acceptors (Lipinski definition) is 6. The van der Waals surface area contributed by atoms with Crippen molar-refractivity contribution in [2.75, 3.05) is 26.0 Å². The van der Waals surface area contributed by atoms with Gasteiger partial charge in [0.05, 0.1) is 22.2 Å². The Morgan fingerprint density at radius 1 is 1.22 bits per heavy atom. The molecule has 0 unspecified atom stereocenters. The Labute approximate surface area is 157 Å². The van der Waals surface area contributed by atoms with Crippen LogP contribution in [0.15, 0.2) is 30.6 Å². The number of nitrogens with zero attached hydrogens (tertiary/aromatic N) is 4. The highest BCUT2D eigenvalue weighted by Gasteiger charge is 2.22. The summed E-state index contributed by atoms with van der Waals surface area (Å²) in [6, 6.07) is 5.51. The zero-order valence-electron chi connectivity index (χ0n) is 15.6. The quantitative estimate of drug-likeness (QED) is 0.614. The third kappa shape index (κ3) is 4.97. The fourth-order valence-electron chi connectivity index (χ4n) is 3.67. The molecule has 8 heteroatoms. The molecule has 0 bridgehead atoms. The number of nitrogens with one attached hydrogen (secondary N) is 1. The Hall–Kier alpha value is -2.61. The third-order valence-corrected chi connectivity index (χ3v) is 4.92. The van der Waals surface area contributed by atoms with Gasteiger partial charge in [0.25, 0.3) is 5.69 Å². The zero-order valence-corrected chi connectivity index (χ0v) is 15.6. The van der Waals surface area contributed by atoms with Crippen molar-refractivity contribution in [2.45, 2.75) is 31.7 Å². The molecule has 0 atom stereocenters. The highest BCUT2D eigenvalue weighted by molar-refractivity contribution is 5.72. The van der Waals surface area contributed by atoms with Gasteiger partial charge in [-0.05, 0) is 57.8 Å². The van der Waals surface area contributed by atoms with Crippen LogP contribution in [0, 0.1) is 21.8 Å². The normalized spacial score (nSPS) is 19.9. The lowest BCUT2D eigenvalue weighted by Gasteiger charge is -2.31. The average molecular weight is 373 g/mol. The van der Waals surface area contributed by atoms with Crippen LogP contribution in [-0.4, -0.2) is 46.5 Å². The third-order valence-electron chi connectivity index (χ3n) is 4.92. The molecule has 3 rings (SSSR count). The maximum absolute atomic E-state index is 13.4. The summed E-state index contributed by atoms with van der Waals surface area (Å²) in [5.74, 6) is 0.711. The van der Waals surface area contributed by atoms with E-state index < -0.39 is 10.7 Å². The zero-order chi connectivity index (χ0) is 19.4. The monoisotopic (exact) mass is 373 g/mol. The van der Waals surface area contributed by atoms with Gasteiger partial charge >= 0.3 is 0 Å². The minimum atomic E-state index is -0.646. The number of nitro benzene ring substituents is 1.